The Balaban J connectivity index is 4.32. The van der Waals surface area contributed by atoms with Crippen LogP contribution in [0.1, 0.15) is 310 Å². The van der Waals surface area contributed by atoms with Gasteiger partial charge in [0, 0.05) is 19.3 Å². The van der Waals surface area contributed by atoms with Crippen LogP contribution in [0.5, 0.6) is 0 Å². The summed E-state index contributed by atoms with van der Waals surface area (Å²) in [6.45, 7) is 6.65. The lowest BCUT2D eigenvalue weighted by Gasteiger charge is -2.18. The highest BCUT2D eigenvalue weighted by Crippen LogP contribution is 2.16. The highest BCUT2D eigenvalue weighted by molar-refractivity contribution is 5.71. The Bertz CT molecular complexity index is 1110. The second-order valence-corrected chi connectivity index (χ2v) is 19.6. The van der Waals surface area contributed by atoms with Crippen molar-refractivity contribution in [3.63, 3.8) is 0 Å². The van der Waals surface area contributed by atoms with Crippen molar-refractivity contribution in [3.8, 4) is 0 Å². The molecule has 0 rings (SSSR count). The Morgan fingerprint density at radius 1 is 0.303 bits per heavy atom. The van der Waals surface area contributed by atoms with E-state index in [0.29, 0.717) is 19.3 Å². The summed E-state index contributed by atoms with van der Waals surface area (Å²) in [5.74, 6) is -0.867. The van der Waals surface area contributed by atoms with Crippen LogP contribution in [0.25, 0.3) is 0 Å². The lowest BCUT2D eigenvalue weighted by atomic mass is 10.0. The molecule has 0 fully saturated rings. The van der Waals surface area contributed by atoms with Gasteiger partial charge in [0.05, 0.1) is 0 Å². The number of esters is 3. The molecule has 0 aromatic carbocycles. The van der Waals surface area contributed by atoms with Crippen molar-refractivity contribution in [3.05, 3.63) is 36.5 Å². The Hall–Kier alpha value is -2.37. The van der Waals surface area contributed by atoms with Crippen molar-refractivity contribution in [1.82, 2.24) is 0 Å². The van der Waals surface area contributed by atoms with Crippen molar-refractivity contribution in [2.75, 3.05) is 13.2 Å². The van der Waals surface area contributed by atoms with Gasteiger partial charge in [0.15, 0.2) is 6.10 Å². The summed E-state index contributed by atoms with van der Waals surface area (Å²) in [7, 11) is 0. The molecule has 0 spiro atoms. The predicted molar refractivity (Wildman–Crippen MR) is 284 cm³/mol. The first-order chi connectivity index (χ1) is 32.5. The summed E-state index contributed by atoms with van der Waals surface area (Å²) in [4.78, 5) is 38.1. The molecule has 0 radical (unpaired) electrons. The number of unbranched alkanes of at least 4 members (excludes halogenated alkanes) is 36. The van der Waals surface area contributed by atoms with Gasteiger partial charge in [-0.1, -0.05) is 269 Å². The third-order valence-electron chi connectivity index (χ3n) is 12.9. The van der Waals surface area contributed by atoms with Crippen LogP contribution in [0.4, 0.5) is 0 Å². The normalized spacial score (nSPS) is 12.2. The van der Waals surface area contributed by atoms with Crippen LogP contribution in [-0.2, 0) is 28.6 Å². The monoisotopic (exact) mass is 927 g/mol. The van der Waals surface area contributed by atoms with E-state index in [2.05, 4.69) is 57.2 Å². The molecule has 0 aromatic rings. The topological polar surface area (TPSA) is 78.9 Å². The summed E-state index contributed by atoms with van der Waals surface area (Å²) < 4.78 is 16.9. The van der Waals surface area contributed by atoms with E-state index in [1.807, 2.05) is 0 Å². The van der Waals surface area contributed by atoms with Gasteiger partial charge in [-0.3, -0.25) is 14.4 Å². The third kappa shape index (κ3) is 52.6. The van der Waals surface area contributed by atoms with Gasteiger partial charge < -0.3 is 14.2 Å². The Kier molecular flexibility index (Phi) is 53.2. The van der Waals surface area contributed by atoms with Gasteiger partial charge >= 0.3 is 17.9 Å². The van der Waals surface area contributed by atoms with Crippen molar-refractivity contribution < 1.29 is 28.6 Å². The number of carbonyl (C=O) groups is 3. The number of hydrogen-bond donors (Lipinski definition) is 0. The second kappa shape index (κ2) is 55.2. The third-order valence-corrected chi connectivity index (χ3v) is 12.9. The number of rotatable bonds is 53. The van der Waals surface area contributed by atoms with E-state index in [0.717, 1.165) is 77.0 Å². The van der Waals surface area contributed by atoms with Crippen LogP contribution < -0.4 is 0 Å². The number of carbonyl (C=O) groups excluding carboxylic acids is 3. The van der Waals surface area contributed by atoms with Gasteiger partial charge in [0.25, 0.3) is 0 Å². The fourth-order valence-corrected chi connectivity index (χ4v) is 8.51. The van der Waals surface area contributed by atoms with Crippen molar-refractivity contribution in [2.45, 2.75) is 316 Å². The van der Waals surface area contributed by atoms with Crippen LogP contribution in [-0.4, -0.2) is 37.2 Å². The zero-order valence-corrected chi connectivity index (χ0v) is 44.2. The molecular formula is C60H110O6. The maximum atomic E-state index is 12.8. The molecule has 66 heavy (non-hydrogen) atoms. The summed E-state index contributed by atoms with van der Waals surface area (Å²) in [6.07, 6.45) is 65.6. The van der Waals surface area contributed by atoms with Crippen molar-refractivity contribution >= 4 is 17.9 Å². The van der Waals surface area contributed by atoms with Crippen LogP contribution in [0, 0.1) is 0 Å². The molecule has 386 valence electrons. The molecule has 0 saturated carbocycles. The SMILES string of the molecule is CCCCCCC/C=C\C/C=C\C/C=C\CCCCCCCCC(=O)OCC(COC(=O)CCCCCCCCCCCCCC)OC(=O)CCCCCCCCCCCCCCCCC. The Labute approximate surface area is 410 Å². The molecule has 0 aliphatic carbocycles. The standard InChI is InChI=1S/C60H110O6/c1-4-7-10-13-16-19-22-25-27-28-29-30-31-32-34-35-38-41-44-47-50-53-59(62)65-56-57(55-64-58(61)52-49-46-43-40-37-24-21-18-15-12-9-6-3)66-60(63)54-51-48-45-42-39-36-33-26-23-20-17-14-11-8-5-2/h22,25,28-29,31-32,57H,4-21,23-24,26-27,30,33-56H2,1-3H3/b25-22-,29-28-,32-31-. The second-order valence-electron chi connectivity index (χ2n) is 19.6. The van der Waals surface area contributed by atoms with Crippen LogP contribution in [0.15, 0.2) is 36.5 Å². The van der Waals surface area contributed by atoms with Gasteiger partial charge in [-0.2, -0.15) is 0 Å². The highest BCUT2D eigenvalue weighted by atomic mass is 16.6. The van der Waals surface area contributed by atoms with E-state index in [1.165, 1.54) is 193 Å². The van der Waals surface area contributed by atoms with Crippen molar-refractivity contribution in [2.24, 2.45) is 0 Å². The summed E-state index contributed by atoms with van der Waals surface area (Å²) in [5, 5.41) is 0. The summed E-state index contributed by atoms with van der Waals surface area (Å²) >= 11 is 0. The van der Waals surface area contributed by atoms with Gasteiger partial charge in [0.1, 0.15) is 13.2 Å². The number of allylic oxidation sites excluding steroid dienone is 6. The molecule has 0 N–H and O–H groups in total. The fourth-order valence-electron chi connectivity index (χ4n) is 8.51. The maximum absolute atomic E-state index is 12.8. The predicted octanol–water partition coefficient (Wildman–Crippen LogP) is 19.3. The first kappa shape index (κ1) is 63.6. The molecule has 0 amide bonds. The minimum absolute atomic E-state index is 0.0716. The molecule has 0 aliphatic heterocycles. The maximum Gasteiger partial charge on any atom is 0.306 e. The minimum atomic E-state index is -0.773. The van der Waals surface area contributed by atoms with E-state index in [9.17, 15) is 14.4 Å². The van der Waals surface area contributed by atoms with E-state index >= 15 is 0 Å². The van der Waals surface area contributed by atoms with Gasteiger partial charge in [0.2, 0.25) is 0 Å². The van der Waals surface area contributed by atoms with E-state index in [-0.39, 0.29) is 31.1 Å². The molecule has 0 aliphatic rings. The first-order valence-corrected chi connectivity index (χ1v) is 29.0. The molecule has 1 unspecified atom stereocenters. The zero-order chi connectivity index (χ0) is 47.9. The van der Waals surface area contributed by atoms with Gasteiger partial charge in [-0.25, -0.2) is 0 Å². The largest absolute Gasteiger partial charge is 0.462 e. The molecule has 0 heterocycles. The molecule has 0 bridgehead atoms. The van der Waals surface area contributed by atoms with E-state index in [4.69, 9.17) is 14.2 Å². The van der Waals surface area contributed by atoms with Crippen molar-refractivity contribution in [1.29, 1.82) is 0 Å². The fraction of sp³-hybridized carbons (Fsp3) is 0.850. The number of hydrogen-bond acceptors (Lipinski definition) is 6. The molecule has 1 atom stereocenters. The average molecular weight is 928 g/mol. The van der Waals surface area contributed by atoms with E-state index in [1.54, 1.807) is 0 Å². The van der Waals surface area contributed by atoms with Crippen LogP contribution in [0.3, 0.4) is 0 Å². The summed E-state index contributed by atoms with van der Waals surface area (Å²) in [6, 6.07) is 0. The van der Waals surface area contributed by atoms with E-state index < -0.39 is 6.10 Å². The van der Waals surface area contributed by atoms with Crippen LogP contribution in [0.2, 0.25) is 0 Å². The quantitative estimate of drug-likeness (QED) is 0.0262. The van der Waals surface area contributed by atoms with Gasteiger partial charge in [-0.05, 0) is 57.8 Å². The smallest absolute Gasteiger partial charge is 0.306 e. The Morgan fingerprint density at radius 2 is 0.545 bits per heavy atom. The molecule has 0 saturated heterocycles. The summed E-state index contributed by atoms with van der Waals surface area (Å²) in [5.41, 5.74) is 0. The average Bonchev–Trinajstić information content (AvgIpc) is 3.31. The number of ether oxygens (including phenoxy) is 3. The molecule has 6 heteroatoms. The molecular weight excluding hydrogens is 817 g/mol. The lowest BCUT2D eigenvalue weighted by Crippen LogP contribution is -2.30. The first-order valence-electron chi connectivity index (χ1n) is 29.0. The van der Waals surface area contributed by atoms with Gasteiger partial charge in [-0.15, -0.1) is 0 Å². The molecule has 6 nitrogen and oxygen atoms in total. The minimum Gasteiger partial charge on any atom is -0.462 e. The lowest BCUT2D eigenvalue weighted by molar-refractivity contribution is -0.167. The van der Waals surface area contributed by atoms with Crippen LogP contribution >= 0.6 is 0 Å². The molecule has 0 aromatic heterocycles. The zero-order valence-electron chi connectivity index (χ0n) is 44.2. The Morgan fingerprint density at radius 3 is 0.848 bits per heavy atom. The highest BCUT2D eigenvalue weighted by Gasteiger charge is 2.19.